The molecule has 0 fully saturated rings. The number of hydrogen-bond acceptors (Lipinski definition) is 1. The fraction of sp³-hybridized carbons (Fsp3) is 1.00. The molecule has 0 aromatic carbocycles. The molecule has 0 aromatic rings. The van der Waals surface area contributed by atoms with Gasteiger partial charge in [-0.3, -0.25) is 0 Å². The van der Waals surface area contributed by atoms with E-state index in [2.05, 4.69) is 4.72 Å². The summed E-state index contributed by atoms with van der Waals surface area (Å²) < 4.78 is 12.7. The molecule has 0 spiro atoms. The van der Waals surface area contributed by atoms with Gasteiger partial charge in [0, 0.05) is 12.8 Å². The summed E-state index contributed by atoms with van der Waals surface area (Å²) in [5.74, 6) is 0. The van der Waals surface area contributed by atoms with Crippen molar-refractivity contribution in [1.82, 2.24) is 4.72 Å². The Labute approximate surface area is 40.5 Å². The first kappa shape index (κ1) is 6.11. The van der Waals surface area contributed by atoms with Crippen LogP contribution in [0, 0.1) is 0 Å². The van der Waals surface area contributed by atoms with Crippen molar-refractivity contribution in [3.05, 3.63) is 0 Å². The Morgan fingerprint density at radius 3 is 2.33 bits per heavy atom. The summed E-state index contributed by atoms with van der Waals surface area (Å²) in [4.78, 5) is 0. The summed E-state index contributed by atoms with van der Waals surface area (Å²) in [5.41, 5.74) is 0. The average Bonchev–Trinajstić information content (AvgIpc) is 1.35. The third kappa shape index (κ3) is 4.11. The fourth-order valence-corrected chi connectivity index (χ4v) is 0.610. The third-order valence-electron chi connectivity index (χ3n) is 0.348. The molecular formula is C3H9NOS. The molecule has 0 saturated carbocycles. The molecule has 0 aromatic heterocycles. The Morgan fingerprint density at radius 2 is 2.33 bits per heavy atom. The van der Waals surface area contributed by atoms with E-state index in [4.69, 9.17) is 0 Å². The van der Waals surface area contributed by atoms with Gasteiger partial charge in [-0.1, -0.05) is 6.92 Å². The van der Waals surface area contributed by atoms with Crippen LogP contribution in [0.1, 0.15) is 6.92 Å². The molecule has 0 radical (unpaired) electrons. The molecule has 1 unspecified atom stereocenters. The van der Waals surface area contributed by atoms with Crippen molar-refractivity contribution in [2.24, 2.45) is 0 Å². The van der Waals surface area contributed by atoms with Gasteiger partial charge >= 0.3 is 0 Å². The molecule has 0 rings (SSSR count). The van der Waals surface area contributed by atoms with Crippen LogP contribution in [0.2, 0.25) is 0 Å². The molecule has 0 saturated heterocycles. The zero-order valence-corrected chi connectivity index (χ0v) is 4.84. The van der Waals surface area contributed by atoms with Gasteiger partial charge in [0.2, 0.25) is 0 Å². The molecule has 0 aliphatic rings. The minimum atomic E-state index is -0.816. The fourth-order valence-electron chi connectivity index (χ4n) is 0.203. The Kier molecular flexibility index (Phi) is 3.37. The van der Waals surface area contributed by atoms with E-state index in [1.165, 1.54) is 0 Å². The molecule has 0 amide bonds. The predicted molar refractivity (Wildman–Crippen MR) is 27.7 cm³/mol. The topological polar surface area (TPSA) is 29.1 Å². The standard InChI is InChI=1S/C3H9NOS/c1-3-4-6(2)5/h4H,3H2,1-2H3. The number of nitrogens with one attached hydrogen (secondary N) is 1. The quantitative estimate of drug-likeness (QED) is 0.524. The second-order valence-electron chi connectivity index (χ2n) is 0.952. The lowest BCUT2D eigenvalue weighted by atomic mass is 10.8. The summed E-state index contributed by atoms with van der Waals surface area (Å²) in [6, 6.07) is 0. The lowest BCUT2D eigenvalue weighted by Gasteiger charge is -1.87. The average molecular weight is 107 g/mol. The maximum atomic E-state index is 10.0. The summed E-state index contributed by atoms with van der Waals surface area (Å²) in [5, 5.41) is 0. The molecule has 1 N–H and O–H groups in total. The molecule has 0 heterocycles. The first-order chi connectivity index (χ1) is 2.77. The molecule has 6 heavy (non-hydrogen) atoms. The highest BCUT2D eigenvalue weighted by Crippen LogP contribution is 1.57. The molecule has 0 aliphatic carbocycles. The van der Waals surface area contributed by atoms with Gasteiger partial charge in [-0.05, 0) is 0 Å². The zero-order chi connectivity index (χ0) is 4.99. The van der Waals surface area contributed by atoms with Crippen molar-refractivity contribution < 1.29 is 4.21 Å². The second kappa shape index (κ2) is 3.31. The molecule has 2 nitrogen and oxygen atoms in total. The SMILES string of the molecule is CCNS(C)=O. The van der Waals surface area contributed by atoms with Gasteiger partial charge in [0.05, 0.1) is 11.0 Å². The first-order valence-corrected chi connectivity index (χ1v) is 3.40. The highest BCUT2D eigenvalue weighted by atomic mass is 32.2. The highest BCUT2D eigenvalue weighted by molar-refractivity contribution is 7.82. The van der Waals surface area contributed by atoms with Crippen molar-refractivity contribution in [3.8, 4) is 0 Å². The molecule has 0 bridgehead atoms. The maximum absolute atomic E-state index is 10.0. The van der Waals surface area contributed by atoms with E-state index in [-0.39, 0.29) is 0 Å². The zero-order valence-electron chi connectivity index (χ0n) is 4.02. The maximum Gasteiger partial charge on any atom is 0.0883 e. The van der Waals surface area contributed by atoms with Gasteiger partial charge in [-0.2, -0.15) is 0 Å². The van der Waals surface area contributed by atoms with Crippen LogP contribution >= 0.6 is 0 Å². The monoisotopic (exact) mass is 107 g/mol. The van der Waals surface area contributed by atoms with E-state index >= 15 is 0 Å². The normalized spacial score (nSPS) is 14.3. The van der Waals surface area contributed by atoms with Crippen molar-refractivity contribution >= 4 is 11.0 Å². The number of hydrogen-bond donors (Lipinski definition) is 1. The van der Waals surface area contributed by atoms with E-state index in [0.717, 1.165) is 6.54 Å². The van der Waals surface area contributed by atoms with Crippen LogP contribution in [0.25, 0.3) is 0 Å². The third-order valence-corrected chi connectivity index (χ3v) is 1.04. The van der Waals surface area contributed by atoms with Crippen LogP contribution in [0.5, 0.6) is 0 Å². The Balaban J connectivity index is 2.83. The smallest absolute Gasteiger partial charge is 0.0883 e. The van der Waals surface area contributed by atoms with Gasteiger partial charge in [-0.15, -0.1) is 0 Å². The lowest BCUT2D eigenvalue weighted by molar-refractivity contribution is 0.678. The van der Waals surface area contributed by atoms with Crippen LogP contribution < -0.4 is 4.72 Å². The van der Waals surface area contributed by atoms with E-state index < -0.39 is 11.0 Å². The van der Waals surface area contributed by atoms with Crippen molar-refractivity contribution in [2.45, 2.75) is 6.92 Å². The minimum absolute atomic E-state index is 0.781. The van der Waals surface area contributed by atoms with E-state index in [1.807, 2.05) is 6.92 Å². The molecule has 38 valence electrons. The van der Waals surface area contributed by atoms with E-state index in [1.54, 1.807) is 6.26 Å². The van der Waals surface area contributed by atoms with Crippen LogP contribution in [0.4, 0.5) is 0 Å². The number of rotatable bonds is 2. The highest BCUT2D eigenvalue weighted by Gasteiger charge is 1.77. The second-order valence-corrected chi connectivity index (χ2v) is 2.15. The van der Waals surface area contributed by atoms with Crippen LogP contribution in [-0.4, -0.2) is 17.0 Å². The van der Waals surface area contributed by atoms with Gasteiger partial charge in [0.15, 0.2) is 0 Å². The van der Waals surface area contributed by atoms with Gasteiger partial charge in [0.1, 0.15) is 0 Å². The largest absolute Gasteiger partial charge is 0.243 e. The molecule has 3 heteroatoms. The Hall–Kier alpha value is 0.110. The van der Waals surface area contributed by atoms with Crippen LogP contribution in [-0.2, 0) is 11.0 Å². The van der Waals surface area contributed by atoms with Crippen LogP contribution in [0.15, 0.2) is 0 Å². The lowest BCUT2D eigenvalue weighted by Crippen LogP contribution is -2.13. The van der Waals surface area contributed by atoms with E-state index in [9.17, 15) is 4.21 Å². The first-order valence-electron chi connectivity index (χ1n) is 1.84. The van der Waals surface area contributed by atoms with Gasteiger partial charge < -0.3 is 0 Å². The van der Waals surface area contributed by atoms with Crippen molar-refractivity contribution in [2.75, 3.05) is 12.8 Å². The van der Waals surface area contributed by atoms with Gasteiger partial charge in [0.25, 0.3) is 0 Å². The molecule has 1 atom stereocenters. The minimum Gasteiger partial charge on any atom is -0.243 e. The molecule has 0 aliphatic heterocycles. The van der Waals surface area contributed by atoms with Crippen molar-refractivity contribution in [3.63, 3.8) is 0 Å². The summed E-state index contributed by atoms with van der Waals surface area (Å²) in [6.45, 7) is 2.70. The Morgan fingerprint density at radius 1 is 1.83 bits per heavy atom. The van der Waals surface area contributed by atoms with E-state index in [0.29, 0.717) is 0 Å². The summed E-state index contributed by atoms with van der Waals surface area (Å²) in [6.07, 6.45) is 1.61. The molecular weight excluding hydrogens is 98.1 g/mol. The Bertz CT molecular complexity index is 54.8. The predicted octanol–water partition coefficient (Wildman–Crippen LogP) is -0.111. The van der Waals surface area contributed by atoms with Crippen LogP contribution in [0.3, 0.4) is 0 Å². The summed E-state index contributed by atoms with van der Waals surface area (Å²) >= 11 is 0. The summed E-state index contributed by atoms with van der Waals surface area (Å²) in [7, 11) is -0.816. The van der Waals surface area contributed by atoms with Gasteiger partial charge in [-0.25, -0.2) is 8.93 Å². The van der Waals surface area contributed by atoms with Crippen molar-refractivity contribution in [1.29, 1.82) is 0 Å².